The van der Waals surface area contributed by atoms with Crippen molar-refractivity contribution in [3.8, 4) is 24.2 Å². The zero-order valence-corrected chi connectivity index (χ0v) is 13.0. The van der Waals surface area contributed by atoms with Crippen molar-refractivity contribution in [3.05, 3.63) is 48.2 Å². The molecule has 2 aromatic heterocycles. The van der Waals surface area contributed by atoms with E-state index in [1.807, 2.05) is 34.7 Å². The van der Waals surface area contributed by atoms with Crippen LogP contribution in [0.3, 0.4) is 0 Å². The van der Waals surface area contributed by atoms with Gasteiger partial charge in [-0.1, -0.05) is 24.1 Å². The number of carbonyl (C=O) groups is 1. The monoisotopic (exact) mass is 318 g/mol. The number of hydrogen-bond acceptors (Lipinski definition) is 4. The molecule has 0 fully saturated rings. The summed E-state index contributed by atoms with van der Waals surface area (Å²) in [7, 11) is 0. The molecular formula is C19H14N2O3. The third-order valence-corrected chi connectivity index (χ3v) is 3.64. The molecule has 5 nitrogen and oxygen atoms in total. The van der Waals surface area contributed by atoms with Crippen LogP contribution < -0.4 is 4.74 Å². The van der Waals surface area contributed by atoms with Crippen LogP contribution in [0.25, 0.3) is 16.4 Å². The molecule has 3 aromatic rings. The molecule has 0 amide bonds. The van der Waals surface area contributed by atoms with Crippen molar-refractivity contribution in [2.75, 3.05) is 6.61 Å². The number of aromatic nitrogens is 1. The van der Waals surface area contributed by atoms with E-state index in [2.05, 4.69) is 5.92 Å². The summed E-state index contributed by atoms with van der Waals surface area (Å²) in [6, 6.07) is 12.9. The minimum atomic E-state index is -0.607. The molecular weight excluding hydrogens is 304 g/mol. The SMILES string of the molecule is C#CC(C)OC(=O)c1c2ccccc2n2cc(OCC#N)ccc12. The second-order valence-electron chi connectivity index (χ2n) is 5.17. The van der Waals surface area contributed by atoms with Crippen LogP contribution in [-0.4, -0.2) is 23.1 Å². The molecule has 0 N–H and O–H groups in total. The molecule has 2 heterocycles. The van der Waals surface area contributed by atoms with E-state index in [0.717, 1.165) is 10.9 Å². The number of nitriles is 1. The van der Waals surface area contributed by atoms with Crippen molar-refractivity contribution in [3.63, 3.8) is 0 Å². The van der Waals surface area contributed by atoms with Gasteiger partial charge in [-0.3, -0.25) is 0 Å². The lowest BCUT2D eigenvalue weighted by atomic mass is 10.1. The molecule has 0 aliphatic carbocycles. The minimum absolute atomic E-state index is 0.0424. The minimum Gasteiger partial charge on any atom is -0.477 e. The van der Waals surface area contributed by atoms with Gasteiger partial charge in [0, 0.05) is 5.39 Å². The number of benzene rings is 1. The maximum atomic E-state index is 12.6. The molecule has 0 aliphatic rings. The van der Waals surface area contributed by atoms with E-state index in [4.69, 9.17) is 21.2 Å². The van der Waals surface area contributed by atoms with Crippen molar-refractivity contribution in [2.24, 2.45) is 0 Å². The van der Waals surface area contributed by atoms with Crippen LogP contribution in [0, 0.1) is 23.7 Å². The van der Waals surface area contributed by atoms with Crippen LogP contribution >= 0.6 is 0 Å². The maximum Gasteiger partial charge on any atom is 0.342 e. The van der Waals surface area contributed by atoms with Crippen LogP contribution in [-0.2, 0) is 4.74 Å². The Bertz CT molecular complexity index is 1010. The summed E-state index contributed by atoms with van der Waals surface area (Å²) < 4.78 is 12.5. The maximum absolute atomic E-state index is 12.6. The van der Waals surface area contributed by atoms with Gasteiger partial charge in [0.2, 0.25) is 0 Å². The van der Waals surface area contributed by atoms with Gasteiger partial charge in [-0.2, -0.15) is 5.26 Å². The van der Waals surface area contributed by atoms with Crippen LogP contribution in [0.2, 0.25) is 0 Å². The summed E-state index contributed by atoms with van der Waals surface area (Å²) in [4.78, 5) is 12.6. The number of hydrogen-bond donors (Lipinski definition) is 0. The Hall–Kier alpha value is -3.44. The van der Waals surface area contributed by atoms with E-state index in [9.17, 15) is 4.79 Å². The highest BCUT2D eigenvalue weighted by atomic mass is 16.5. The van der Waals surface area contributed by atoms with Crippen molar-refractivity contribution in [2.45, 2.75) is 13.0 Å². The predicted molar refractivity (Wildman–Crippen MR) is 89.7 cm³/mol. The highest BCUT2D eigenvalue weighted by Crippen LogP contribution is 2.29. The fourth-order valence-electron chi connectivity index (χ4n) is 2.59. The number of pyridine rings is 1. The van der Waals surface area contributed by atoms with E-state index in [-0.39, 0.29) is 6.61 Å². The molecule has 0 spiro atoms. The summed E-state index contributed by atoms with van der Waals surface area (Å²) >= 11 is 0. The van der Waals surface area contributed by atoms with Gasteiger partial charge in [0.05, 0.1) is 22.8 Å². The molecule has 0 saturated heterocycles. The molecule has 0 aliphatic heterocycles. The standard InChI is InChI=1S/C19H14N2O3/c1-3-13(2)24-19(22)18-15-6-4-5-7-16(15)21-12-14(23-11-10-20)8-9-17(18)21/h1,4-9,12-13H,11H2,2H3. The van der Waals surface area contributed by atoms with Crippen LogP contribution in [0.15, 0.2) is 42.6 Å². The van der Waals surface area contributed by atoms with Gasteiger partial charge in [0.25, 0.3) is 0 Å². The second-order valence-corrected chi connectivity index (χ2v) is 5.17. The van der Waals surface area contributed by atoms with E-state index >= 15 is 0 Å². The van der Waals surface area contributed by atoms with E-state index in [0.29, 0.717) is 16.8 Å². The number of nitrogens with zero attached hydrogens (tertiary/aromatic N) is 2. The van der Waals surface area contributed by atoms with Gasteiger partial charge in [-0.15, -0.1) is 6.42 Å². The molecule has 3 rings (SSSR count). The second kappa shape index (κ2) is 6.36. The number of esters is 1. The first-order chi connectivity index (χ1) is 11.7. The first-order valence-corrected chi connectivity index (χ1v) is 7.35. The highest BCUT2D eigenvalue weighted by Gasteiger charge is 2.20. The summed E-state index contributed by atoms with van der Waals surface area (Å²) in [6.07, 6.45) is 6.43. The summed E-state index contributed by atoms with van der Waals surface area (Å²) in [5, 5.41) is 9.41. The molecule has 0 radical (unpaired) electrons. The molecule has 24 heavy (non-hydrogen) atoms. The van der Waals surface area contributed by atoms with Crippen molar-refractivity contribution in [1.82, 2.24) is 4.40 Å². The average molecular weight is 318 g/mol. The van der Waals surface area contributed by atoms with Crippen LogP contribution in [0.1, 0.15) is 17.3 Å². The van der Waals surface area contributed by atoms with Crippen molar-refractivity contribution < 1.29 is 14.3 Å². The van der Waals surface area contributed by atoms with Gasteiger partial charge in [-0.05, 0) is 25.1 Å². The Labute approximate surface area is 139 Å². The summed E-state index contributed by atoms with van der Waals surface area (Å²) in [5.74, 6) is 2.46. The topological polar surface area (TPSA) is 63.7 Å². The number of ether oxygens (including phenoxy) is 2. The molecule has 0 bridgehead atoms. The van der Waals surface area contributed by atoms with Crippen LogP contribution in [0.4, 0.5) is 0 Å². The zero-order valence-electron chi connectivity index (χ0n) is 13.0. The van der Waals surface area contributed by atoms with Crippen molar-refractivity contribution in [1.29, 1.82) is 5.26 Å². The van der Waals surface area contributed by atoms with Crippen LogP contribution in [0.5, 0.6) is 5.75 Å². The first kappa shape index (κ1) is 15.5. The number of fused-ring (bicyclic) bond motifs is 3. The lowest BCUT2D eigenvalue weighted by molar-refractivity contribution is 0.0443. The third kappa shape index (κ3) is 2.64. The highest BCUT2D eigenvalue weighted by molar-refractivity contribution is 6.11. The number of carbonyl (C=O) groups excluding carboxylic acids is 1. The first-order valence-electron chi connectivity index (χ1n) is 7.35. The molecule has 1 unspecified atom stereocenters. The summed E-state index contributed by atoms with van der Waals surface area (Å²) in [5.41, 5.74) is 1.99. The van der Waals surface area contributed by atoms with E-state index in [1.54, 1.807) is 25.3 Å². The van der Waals surface area contributed by atoms with E-state index < -0.39 is 12.1 Å². The Morgan fingerprint density at radius 3 is 2.83 bits per heavy atom. The Morgan fingerprint density at radius 1 is 1.29 bits per heavy atom. The Balaban J connectivity index is 2.19. The Morgan fingerprint density at radius 2 is 2.08 bits per heavy atom. The lowest BCUT2D eigenvalue weighted by Gasteiger charge is -2.07. The third-order valence-electron chi connectivity index (χ3n) is 3.64. The Kier molecular flexibility index (Phi) is 4.09. The molecule has 1 aromatic carbocycles. The molecule has 118 valence electrons. The largest absolute Gasteiger partial charge is 0.477 e. The quantitative estimate of drug-likeness (QED) is 0.547. The average Bonchev–Trinajstić information content (AvgIpc) is 2.93. The fourth-order valence-corrected chi connectivity index (χ4v) is 2.59. The van der Waals surface area contributed by atoms with Gasteiger partial charge in [0.15, 0.2) is 12.7 Å². The summed E-state index contributed by atoms with van der Waals surface area (Å²) in [6.45, 7) is 1.60. The number of para-hydroxylation sites is 1. The normalized spacial score (nSPS) is 11.6. The van der Waals surface area contributed by atoms with Crippen molar-refractivity contribution >= 4 is 22.4 Å². The van der Waals surface area contributed by atoms with E-state index in [1.165, 1.54) is 0 Å². The fraction of sp³-hybridized carbons (Fsp3) is 0.158. The van der Waals surface area contributed by atoms with Gasteiger partial charge < -0.3 is 13.9 Å². The zero-order chi connectivity index (χ0) is 17.1. The lowest BCUT2D eigenvalue weighted by Crippen LogP contribution is -2.13. The van der Waals surface area contributed by atoms with Gasteiger partial charge >= 0.3 is 5.97 Å². The van der Waals surface area contributed by atoms with Gasteiger partial charge in [0.1, 0.15) is 11.8 Å². The predicted octanol–water partition coefficient (Wildman–Crippen LogP) is 3.17. The van der Waals surface area contributed by atoms with Gasteiger partial charge in [-0.25, -0.2) is 4.79 Å². The smallest absolute Gasteiger partial charge is 0.342 e. The number of terminal acetylenes is 1. The molecule has 5 heteroatoms. The number of rotatable bonds is 4. The molecule has 1 atom stereocenters. The molecule has 0 saturated carbocycles.